The van der Waals surface area contributed by atoms with Gasteiger partial charge in [-0.25, -0.2) is 4.98 Å². The van der Waals surface area contributed by atoms with Crippen LogP contribution in [-0.4, -0.2) is 16.9 Å². The number of hydrogen-bond donors (Lipinski definition) is 2. The molecule has 94 valence electrons. The van der Waals surface area contributed by atoms with E-state index in [2.05, 4.69) is 24.1 Å². The molecular weight excluding hydrogens is 218 g/mol. The van der Waals surface area contributed by atoms with Crippen LogP contribution < -0.4 is 11.1 Å². The highest BCUT2D eigenvalue weighted by atomic mass is 16.3. The molecule has 1 aliphatic carbocycles. The Morgan fingerprint density at radius 1 is 1.65 bits per heavy atom. The third-order valence-electron chi connectivity index (χ3n) is 3.45. The van der Waals surface area contributed by atoms with Crippen molar-refractivity contribution in [2.45, 2.75) is 39.3 Å². The second-order valence-corrected chi connectivity index (χ2v) is 5.06. The molecule has 0 unspecified atom stereocenters. The van der Waals surface area contributed by atoms with Crippen molar-refractivity contribution < 1.29 is 9.21 Å². The van der Waals surface area contributed by atoms with E-state index in [0.717, 1.165) is 17.5 Å². The van der Waals surface area contributed by atoms with Crippen LogP contribution in [0.4, 0.5) is 0 Å². The van der Waals surface area contributed by atoms with Crippen molar-refractivity contribution in [3.63, 3.8) is 0 Å². The lowest BCUT2D eigenvalue weighted by atomic mass is 9.74. The second-order valence-electron chi connectivity index (χ2n) is 5.06. The maximum absolute atomic E-state index is 10.8. The molecule has 1 aromatic rings. The molecule has 0 radical (unpaired) electrons. The molecule has 0 aliphatic heterocycles. The minimum Gasteiger partial charge on any atom is -0.441 e. The SMILES string of the molecule is CC(C)C1CC(NCc2coc(C(N)=O)n2)C1. The maximum Gasteiger partial charge on any atom is 0.304 e. The Balaban J connectivity index is 1.74. The zero-order valence-electron chi connectivity index (χ0n) is 10.3. The monoisotopic (exact) mass is 237 g/mol. The highest BCUT2D eigenvalue weighted by Crippen LogP contribution is 2.33. The lowest BCUT2D eigenvalue weighted by Crippen LogP contribution is -2.42. The summed E-state index contributed by atoms with van der Waals surface area (Å²) in [5.74, 6) is 0.961. The van der Waals surface area contributed by atoms with E-state index in [4.69, 9.17) is 10.2 Å². The van der Waals surface area contributed by atoms with Crippen LogP contribution in [0.15, 0.2) is 10.7 Å². The summed E-state index contributed by atoms with van der Waals surface area (Å²) in [6.07, 6.45) is 3.92. The first-order valence-corrected chi connectivity index (χ1v) is 6.04. The standard InChI is InChI=1S/C12H19N3O2/c1-7(2)8-3-9(4-8)14-5-10-6-17-12(15-10)11(13)16/h6-9,14H,3-5H2,1-2H3,(H2,13,16). The molecule has 0 bridgehead atoms. The molecule has 1 amide bonds. The quantitative estimate of drug-likeness (QED) is 0.808. The summed E-state index contributed by atoms with van der Waals surface area (Å²) in [5, 5.41) is 3.40. The molecule has 1 heterocycles. The van der Waals surface area contributed by atoms with Gasteiger partial charge in [0.05, 0.1) is 5.69 Å². The molecule has 5 heteroatoms. The highest BCUT2D eigenvalue weighted by molar-refractivity contribution is 5.87. The van der Waals surface area contributed by atoms with Gasteiger partial charge in [-0.2, -0.15) is 0 Å². The van der Waals surface area contributed by atoms with Crippen LogP contribution in [0.3, 0.4) is 0 Å². The van der Waals surface area contributed by atoms with Crippen LogP contribution in [0.5, 0.6) is 0 Å². The number of hydrogen-bond acceptors (Lipinski definition) is 4. The summed E-state index contributed by atoms with van der Waals surface area (Å²) < 4.78 is 4.94. The molecule has 17 heavy (non-hydrogen) atoms. The molecule has 0 atom stereocenters. The van der Waals surface area contributed by atoms with Gasteiger partial charge in [0, 0.05) is 12.6 Å². The summed E-state index contributed by atoms with van der Waals surface area (Å²) >= 11 is 0. The summed E-state index contributed by atoms with van der Waals surface area (Å²) in [7, 11) is 0. The highest BCUT2D eigenvalue weighted by Gasteiger charge is 2.30. The maximum atomic E-state index is 10.8. The zero-order valence-corrected chi connectivity index (χ0v) is 10.3. The summed E-state index contributed by atoms with van der Waals surface area (Å²) in [4.78, 5) is 14.8. The van der Waals surface area contributed by atoms with E-state index >= 15 is 0 Å². The fraction of sp³-hybridized carbons (Fsp3) is 0.667. The molecule has 0 spiro atoms. The first-order valence-electron chi connectivity index (χ1n) is 6.04. The van der Waals surface area contributed by atoms with Gasteiger partial charge >= 0.3 is 5.91 Å². The number of oxazole rings is 1. The fourth-order valence-electron chi connectivity index (χ4n) is 2.12. The number of amides is 1. The number of primary amides is 1. The first kappa shape index (κ1) is 12.1. The largest absolute Gasteiger partial charge is 0.441 e. The molecule has 0 saturated heterocycles. The van der Waals surface area contributed by atoms with E-state index < -0.39 is 5.91 Å². The first-order chi connectivity index (χ1) is 8.06. The molecule has 3 N–H and O–H groups in total. The average Bonchev–Trinajstić information content (AvgIpc) is 2.63. The van der Waals surface area contributed by atoms with Crippen molar-refractivity contribution in [2.75, 3.05) is 0 Å². The van der Waals surface area contributed by atoms with E-state index in [9.17, 15) is 4.79 Å². The van der Waals surface area contributed by atoms with Gasteiger partial charge in [-0.1, -0.05) is 13.8 Å². The van der Waals surface area contributed by atoms with Crippen LogP contribution >= 0.6 is 0 Å². The lowest BCUT2D eigenvalue weighted by Gasteiger charge is -2.38. The lowest BCUT2D eigenvalue weighted by molar-refractivity contribution is 0.0967. The Labute approximate surface area is 101 Å². The number of aromatic nitrogens is 1. The van der Waals surface area contributed by atoms with Crippen molar-refractivity contribution in [1.29, 1.82) is 0 Å². The Morgan fingerprint density at radius 3 is 2.88 bits per heavy atom. The third-order valence-corrected chi connectivity index (χ3v) is 3.45. The minimum atomic E-state index is -0.625. The van der Waals surface area contributed by atoms with Gasteiger partial charge in [-0.15, -0.1) is 0 Å². The van der Waals surface area contributed by atoms with Gasteiger partial charge in [0.1, 0.15) is 6.26 Å². The zero-order chi connectivity index (χ0) is 12.4. The Morgan fingerprint density at radius 2 is 2.35 bits per heavy atom. The van der Waals surface area contributed by atoms with Gasteiger partial charge in [0.25, 0.3) is 5.89 Å². The number of rotatable bonds is 5. The minimum absolute atomic E-state index is 0.0181. The number of nitrogens with zero attached hydrogens (tertiary/aromatic N) is 1. The molecular formula is C12H19N3O2. The summed E-state index contributed by atoms with van der Waals surface area (Å²) in [6.45, 7) is 5.15. The molecule has 2 rings (SSSR count). The van der Waals surface area contributed by atoms with E-state index in [0.29, 0.717) is 12.6 Å². The van der Waals surface area contributed by atoms with E-state index in [-0.39, 0.29) is 5.89 Å². The van der Waals surface area contributed by atoms with Crippen LogP contribution in [0.2, 0.25) is 0 Å². The molecule has 1 fully saturated rings. The van der Waals surface area contributed by atoms with Gasteiger partial charge in [0.15, 0.2) is 0 Å². The smallest absolute Gasteiger partial charge is 0.304 e. The van der Waals surface area contributed by atoms with Crippen molar-refractivity contribution in [3.8, 4) is 0 Å². The number of carbonyl (C=O) groups is 1. The van der Waals surface area contributed by atoms with E-state index in [1.54, 1.807) is 0 Å². The van der Waals surface area contributed by atoms with Crippen molar-refractivity contribution in [1.82, 2.24) is 10.3 Å². The predicted molar refractivity (Wildman–Crippen MR) is 63.2 cm³/mol. The second kappa shape index (κ2) is 4.87. The third kappa shape index (κ3) is 2.85. The Bertz CT molecular complexity index is 394. The van der Waals surface area contributed by atoms with Crippen LogP contribution in [0.25, 0.3) is 0 Å². The van der Waals surface area contributed by atoms with Crippen molar-refractivity contribution in [3.05, 3.63) is 17.8 Å². The van der Waals surface area contributed by atoms with Crippen molar-refractivity contribution in [2.24, 2.45) is 17.6 Å². The number of nitrogens with one attached hydrogen (secondary N) is 1. The average molecular weight is 237 g/mol. The summed E-state index contributed by atoms with van der Waals surface area (Å²) in [6, 6.07) is 0.566. The molecule has 1 saturated carbocycles. The Kier molecular flexibility index (Phi) is 3.47. The Hall–Kier alpha value is -1.36. The van der Waals surface area contributed by atoms with Crippen LogP contribution in [0.1, 0.15) is 43.1 Å². The van der Waals surface area contributed by atoms with Crippen LogP contribution in [0, 0.1) is 11.8 Å². The van der Waals surface area contributed by atoms with Crippen LogP contribution in [-0.2, 0) is 6.54 Å². The van der Waals surface area contributed by atoms with Crippen molar-refractivity contribution >= 4 is 5.91 Å². The molecule has 5 nitrogen and oxygen atoms in total. The molecule has 0 aromatic carbocycles. The van der Waals surface area contributed by atoms with Gasteiger partial charge < -0.3 is 15.5 Å². The summed E-state index contributed by atoms with van der Waals surface area (Å²) in [5.41, 5.74) is 5.78. The molecule has 1 aliphatic rings. The van der Waals surface area contributed by atoms with Gasteiger partial charge in [0.2, 0.25) is 0 Å². The normalized spacial score (nSPS) is 23.7. The topological polar surface area (TPSA) is 81.1 Å². The number of nitrogens with two attached hydrogens (primary N) is 1. The fourth-order valence-corrected chi connectivity index (χ4v) is 2.12. The van der Waals surface area contributed by atoms with Gasteiger partial charge in [-0.3, -0.25) is 4.79 Å². The predicted octanol–water partition coefficient (Wildman–Crippen LogP) is 1.30. The van der Waals surface area contributed by atoms with E-state index in [1.807, 2.05) is 0 Å². The van der Waals surface area contributed by atoms with E-state index in [1.165, 1.54) is 19.1 Å². The number of carbonyl (C=O) groups excluding carboxylic acids is 1. The van der Waals surface area contributed by atoms with Gasteiger partial charge in [-0.05, 0) is 24.7 Å². The molecule has 1 aromatic heterocycles.